The molecule has 0 aliphatic heterocycles. The second-order valence-electron chi connectivity index (χ2n) is 7.21. The molecular weight excluding hydrogens is 461 g/mol. The lowest BCUT2D eigenvalue weighted by atomic mass is 10.1. The lowest BCUT2D eigenvalue weighted by Crippen LogP contribution is -2.13. The summed E-state index contributed by atoms with van der Waals surface area (Å²) in [7, 11) is 1.59. The molecule has 0 spiro atoms. The van der Waals surface area contributed by atoms with Crippen molar-refractivity contribution in [3.63, 3.8) is 0 Å². The summed E-state index contributed by atoms with van der Waals surface area (Å²) >= 11 is 12.5. The summed E-state index contributed by atoms with van der Waals surface area (Å²) in [5.41, 5.74) is 2.20. The maximum atomic E-state index is 12.8. The topological polar surface area (TPSA) is 65.4 Å². The van der Waals surface area contributed by atoms with Crippen LogP contribution in [0, 0.1) is 0 Å². The Labute approximate surface area is 201 Å². The number of benzene rings is 3. The highest BCUT2D eigenvalue weighted by atomic mass is 35.5. The number of methoxy groups -OCH3 is 1. The Morgan fingerprint density at radius 3 is 2.52 bits per heavy atom. The Kier molecular flexibility index (Phi) is 7.17. The third-order valence-electron chi connectivity index (χ3n) is 4.89. The molecule has 0 saturated heterocycles. The molecule has 0 saturated carbocycles. The van der Waals surface area contributed by atoms with Gasteiger partial charge in [-0.05, 0) is 41.5 Å². The van der Waals surface area contributed by atoms with Gasteiger partial charge in [0.1, 0.15) is 11.6 Å². The van der Waals surface area contributed by atoms with Crippen LogP contribution in [0.3, 0.4) is 0 Å². The number of hydrogen-bond donors (Lipinski definition) is 1. The van der Waals surface area contributed by atoms with Gasteiger partial charge >= 0.3 is 0 Å². The van der Waals surface area contributed by atoms with Gasteiger partial charge in [-0.1, -0.05) is 65.7 Å². The van der Waals surface area contributed by atoms with Crippen molar-refractivity contribution in [3.05, 3.63) is 106 Å². The molecule has 4 aromatic rings. The van der Waals surface area contributed by atoms with Crippen LogP contribution in [0.1, 0.15) is 21.5 Å². The Hall–Kier alpha value is -3.48. The molecule has 33 heavy (non-hydrogen) atoms. The molecule has 0 radical (unpaired) electrons. The minimum Gasteiger partial charge on any atom is -0.493 e. The highest BCUT2D eigenvalue weighted by Gasteiger charge is 2.14. The van der Waals surface area contributed by atoms with Crippen molar-refractivity contribution in [1.29, 1.82) is 0 Å². The normalized spacial score (nSPS) is 10.6. The average Bonchev–Trinajstić information content (AvgIpc) is 3.18. The zero-order valence-corrected chi connectivity index (χ0v) is 19.3. The van der Waals surface area contributed by atoms with Crippen LogP contribution in [0.25, 0.3) is 0 Å². The summed E-state index contributed by atoms with van der Waals surface area (Å²) in [6.07, 6.45) is 1.65. The monoisotopic (exact) mass is 481 g/mol. The minimum atomic E-state index is -0.320. The molecule has 0 bridgehead atoms. The number of nitrogens with one attached hydrogen (secondary N) is 1. The molecule has 6 nitrogen and oxygen atoms in total. The zero-order valence-electron chi connectivity index (χ0n) is 17.8. The minimum absolute atomic E-state index is 0.282. The van der Waals surface area contributed by atoms with Gasteiger partial charge in [-0.15, -0.1) is 0 Å². The fraction of sp³-hybridized carbons (Fsp3) is 0.120. The van der Waals surface area contributed by atoms with Crippen molar-refractivity contribution in [2.24, 2.45) is 0 Å². The average molecular weight is 482 g/mol. The summed E-state index contributed by atoms with van der Waals surface area (Å²) < 4.78 is 12.8. The van der Waals surface area contributed by atoms with Gasteiger partial charge < -0.3 is 14.8 Å². The Morgan fingerprint density at radius 2 is 1.73 bits per heavy atom. The lowest BCUT2D eigenvalue weighted by Gasteiger charge is -2.11. The third-order valence-corrected chi connectivity index (χ3v) is 5.54. The number of halogens is 2. The highest BCUT2D eigenvalue weighted by molar-refractivity contribution is 6.33. The number of nitrogens with zero attached hydrogens (tertiary/aromatic N) is 2. The number of anilines is 1. The van der Waals surface area contributed by atoms with E-state index < -0.39 is 0 Å². The molecule has 1 amide bonds. The molecule has 168 valence electrons. The van der Waals surface area contributed by atoms with Crippen molar-refractivity contribution in [2.45, 2.75) is 13.2 Å². The summed E-state index contributed by atoms with van der Waals surface area (Å²) in [4.78, 5) is 12.8. The van der Waals surface area contributed by atoms with Crippen LogP contribution in [-0.2, 0) is 13.2 Å². The van der Waals surface area contributed by atoms with E-state index in [-0.39, 0.29) is 18.3 Å². The van der Waals surface area contributed by atoms with Crippen LogP contribution < -0.4 is 14.8 Å². The molecule has 1 aromatic heterocycles. The van der Waals surface area contributed by atoms with Gasteiger partial charge in [-0.2, -0.15) is 5.10 Å². The van der Waals surface area contributed by atoms with Crippen molar-refractivity contribution in [1.82, 2.24) is 9.78 Å². The SMILES string of the molecule is COc1ccccc1OCc1cccc(C(=O)Nc2nn(Cc3ccccc3Cl)cc2Cl)c1. The summed E-state index contributed by atoms with van der Waals surface area (Å²) in [5, 5.41) is 8.13. The number of rotatable bonds is 8. The van der Waals surface area contributed by atoms with Gasteiger partial charge in [-0.25, -0.2) is 0 Å². The van der Waals surface area contributed by atoms with Crippen LogP contribution >= 0.6 is 23.2 Å². The van der Waals surface area contributed by atoms with Crippen molar-refractivity contribution < 1.29 is 14.3 Å². The molecular formula is C25H21Cl2N3O3. The van der Waals surface area contributed by atoms with E-state index in [1.807, 2.05) is 54.6 Å². The van der Waals surface area contributed by atoms with E-state index in [1.54, 1.807) is 36.2 Å². The summed E-state index contributed by atoms with van der Waals surface area (Å²) in [6.45, 7) is 0.722. The smallest absolute Gasteiger partial charge is 0.256 e. The van der Waals surface area contributed by atoms with Crippen molar-refractivity contribution >= 4 is 34.9 Å². The van der Waals surface area contributed by atoms with Crippen molar-refractivity contribution in [3.8, 4) is 11.5 Å². The first-order valence-corrected chi connectivity index (χ1v) is 10.9. The van der Waals surface area contributed by atoms with E-state index >= 15 is 0 Å². The third kappa shape index (κ3) is 5.66. The van der Waals surface area contributed by atoms with Crippen LogP contribution in [0.15, 0.2) is 79.0 Å². The second-order valence-corrected chi connectivity index (χ2v) is 8.02. The lowest BCUT2D eigenvalue weighted by molar-refractivity contribution is 0.102. The number of carbonyl (C=O) groups is 1. The largest absolute Gasteiger partial charge is 0.493 e. The van der Waals surface area contributed by atoms with Gasteiger partial charge in [-0.3, -0.25) is 9.48 Å². The van der Waals surface area contributed by atoms with Gasteiger partial charge in [0, 0.05) is 16.8 Å². The molecule has 0 unspecified atom stereocenters. The number of amides is 1. The Morgan fingerprint density at radius 1 is 0.970 bits per heavy atom. The molecule has 3 aromatic carbocycles. The quantitative estimate of drug-likeness (QED) is 0.331. The van der Waals surface area contributed by atoms with Crippen LogP contribution in [0.2, 0.25) is 10.0 Å². The molecule has 8 heteroatoms. The molecule has 0 atom stereocenters. The van der Waals surface area contributed by atoms with E-state index in [0.717, 1.165) is 11.1 Å². The predicted molar refractivity (Wildman–Crippen MR) is 130 cm³/mol. The maximum Gasteiger partial charge on any atom is 0.256 e. The molecule has 0 aliphatic carbocycles. The first-order chi connectivity index (χ1) is 16.0. The Balaban J connectivity index is 1.43. The number of carbonyl (C=O) groups excluding carboxylic acids is 1. The Bertz CT molecular complexity index is 1270. The van der Waals surface area contributed by atoms with Crippen LogP contribution in [0.5, 0.6) is 11.5 Å². The summed E-state index contributed by atoms with van der Waals surface area (Å²) in [6, 6.07) is 22.1. The molecule has 1 N–H and O–H groups in total. The number of aromatic nitrogens is 2. The van der Waals surface area contributed by atoms with Crippen LogP contribution in [0.4, 0.5) is 5.82 Å². The fourth-order valence-corrected chi connectivity index (χ4v) is 3.64. The number of hydrogen-bond acceptors (Lipinski definition) is 4. The standard InChI is InChI=1S/C25H21Cl2N3O3/c1-32-22-11-4-5-12-23(22)33-16-17-7-6-9-18(13-17)25(31)28-24-21(27)15-30(29-24)14-19-8-2-3-10-20(19)26/h2-13,15H,14,16H2,1H3,(H,28,29,31). The highest BCUT2D eigenvalue weighted by Crippen LogP contribution is 2.27. The number of ether oxygens (including phenoxy) is 2. The van der Waals surface area contributed by atoms with Gasteiger partial charge in [0.15, 0.2) is 17.3 Å². The van der Waals surface area contributed by atoms with E-state index in [1.165, 1.54) is 0 Å². The van der Waals surface area contributed by atoms with E-state index in [0.29, 0.717) is 33.7 Å². The first-order valence-electron chi connectivity index (χ1n) is 10.2. The number of para-hydroxylation sites is 2. The van der Waals surface area contributed by atoms with Crippen LogP contribution in [-0.4, -0.2) is 22.8 Å². The van der Waals surface area contributed by atoms with E-state index in [9.17, 15) is 4.79 Å². The molecule has 0 aliphatic rings. The van der Waals surface area contributed by atoms with E-state index in [4.69, 9.17) is 32.7 Å². The molecule has 0 fully saturated rings. The predicted octanol–water partition coefficient (Wildman–Crippen LogP) is 6.08. The van der Waals surface area contributed by atoms with Gasteiger partial charge in [0.25, 0.3) is 5.91 Å². The maximum absolute atomic E-state index is 12.8. The van der Waals surface area contributed by atoms with E-state index in [2.05, 4.69) is 10.4 Å². The van der Waals surface area contributed by atoms with Gasteiger partial charge in [0.2, 0.25) is 0 Å². The first kappa shape index (κ1) is 22.7. The molecule has 1 heterocycles. The second kappa shape index (κ2) is 10.4. The van der Waals surface area contributed by atoms with Gasteiger partial charge in [0.05, 0.1) is 13.7 Å². The van der Waals surface area contributed by atoms with Crippen molar-refractivity contribution in [2.75, 3.05) is 12.4 Å². The fourth-order valence-electron chi connectivity index (χ4n) is 3.25. The molecule has 4 rings (SSSR count). The summed E-state index contributed by atoms with van der Waals surface area (Å²) in [5.74, 6) is 1.24. The zero-order chi connectivity index (χ0) is 23.2.